The second-order valence-electron chi connectivity index (χ2n) is 6.64. The molecule has 0 unspecified atom stereocenters. The highest BCUT2D eigenvalue weighted by Gasteiger charge is 2.01. The van der Waals surface area contributed by atoms with Gasteiger partial charge >= 0.3 is 0 Å². The van der Waals surface area contributed by atoms with Crippen molar-refractivity contribution in [1.29, 1.82) is 0 Å². The number of unbranched alkanes of at least 4 members (excludes halogenated alkanes) is 1. The fourth-order valence-corrected chi connectivity index (χ4v) is 2.72. The molecule has 0 atom stereocenters. The molecule has 0 heterocycles. The summed E-state index contributed by atoms with van der Waals surface area (Å²) in [5.74, 6) is 1.82. The van der Waals surface area contributed by atoms with Crippen molar-refractivity contribution in [1.82, 2.24) is 15.5 Å². The molecule has 0 saturated heterocycles. The number of nitrogens with zero attached hydrogens (tertiary/aromatic N) is 2. The first kappa shape index (κ1) is 23.2. The van der Waals surface area contributed by atoms with Crippen LogP contribution >= 0.6 is 0 Å². The smallest absolute Gasteiger partial charge is 0.191 e. The van der Waals surface area contributed by atoms with Crippen LogP contribution in [0.25, 0.3) is 0 Å². The van der Waals surface area contributed by atoms with E-state index >= 15 is 0 Å². The maximum atomic E-state index is 5.19. The van der Waals surface area contributed by atoms with Gasteiger partial charge in [0.15, 0.2) is 5.96 Å². The van der Waals surface area contributed by atoms with Gasteiger partial charge in [0, 0.05) is 46.4 Å². The third-order valence-corrected chi connectivity index (χ3v) is 4.32. The summed E-state index contributed by atoms with van der Waals surface area (Å²) in [6.07, 6.45) is 4.36. The Morgan fingerprint density at radius 2 is 1.81 bits per heavy atom. The van der Waals surface area contributed by atoms with Crippen LogP contribution in [0, 0.1) is 0 Å². The van der Waals surface area contributed by atoms with Crippen LogP contribution < -0.4 is 15.4 Å². The molecule has 0 aliphatic rings. The van der Waals surface area contributed by atoms with Gasteiger partial charge in [-0.2, -0.15) is 0 Å². The van der Waals surface area contributed by atoms with Gasteiger partial charge in [0.1, 0.15) is 5.75 Å². The molecular formula is C21H38N4O2. The maximum Gasteiger partial charge on any atom is 0.191 e. The van der Waals surface area contributed by atoms with Gasteiger partial charge in [0.25, 0.3) is 0 Å². The standard InChI is InChI=1S/C21H38N4O2/c1-5-22-21(24-15-17-25(2)16-8-18-26-3)23-14-7-6-9-19-10-12-20(27-4)13-11-19/h10-13H,5-9,14-18H2,1-4H3,(H2,22,23,24). The van der Waals surface area contributed by atoms with Gasteiger partial charge in [-0.05, 0) is 57.4 Å². The molecule has 2 N–H and O–H groups in total. The Morgan fingerprint density at radius 1 is 1.04 bits per heavy atom. The average Bonchev–Trinajstić information content (AvgIpc) is 2.68. The third kappa shape index (κ3) is 11.5. The number of benzene rings is 1. The van der Waals surface area contributed by atoms with E-state index in [1.54, 1.807) is 14.2 Å². The Kier molecular flexibility index (Phi) is 13.2. The lowest BCUT2D eigenvalue weighted by molar-refractivity contribution is 0.180. The number of aliphatic imine (C=N–C) groups is 1. The highest BCUT2D eigenvalue weighted by molar-refractivity contribution is 5.79. The Balaban J connectivity index is 2.21. The summed E-state index contributed by atoms with van der Waals surface area (Å²) < 4.78 is 10.3. The number of nitrogens with one attached hydrogen (secondary N) is 2. The molecule has 0 amide bonds. The molecule has 0 radical (unpaired) electrons. The van der Waals surface area contributed by atoms with Crippen molar-refractivity contribution in [3.63, 3.8) is 0 Å². The monoisotopic (exact) mass is 378 g/mol. The maximum absolute atomic E-state index is 5.19. The summed E-state index contributed by atoms with van der Waals surface area (Å²) in [5.41, 5.74) is 1.35. The molecule has 1 rings (SSSR count). The number of methoxy groups -OCH3 is 2. The number of hydrogen-bond acceptors (Lipinski definition) is 4. The van der Waals surface area contributed by atoms with E-state index in [1.165, 1.54) is 5.56 Å². The first-order valence-corrected chi connectivity index (χ1v) is 10.0. The molecular weight excluding hydrogens is 340 g/mol. The largest absolute Gasteiger partial charge is 0.497 e. The molecule has 0 fully saturated rings. The summed E-state index contributed by atoms with van der Waals surface area (Å²) in [6, 6.07) is 8.31. The lowest BCUT2D eigenvalue weighted by Crippen LogP contribution is -2.41. The van der Waals surface area contributed by atoms with E-state index in [0.29, 0.717) is 0 Å². The molecule has 6 heteroatoms. The second kappa shape index (κ2) is 15.3. The van der Waals surface area contributed by atoms with E-state index in [2.05, 4.69) is 46.6 Å². The van der Waals surface area contributed by atoms with Crippen LogP contribution in [-0.2, 0) is 11.2 Å². The molecule has 0 spiro atoms. The Bertz CT molecular complexity index is 505. The number of ether oxygens (including phenoxy) is 2. The normalized spacial score (nSPS) is 11.7. The number of aryl methyl sites for hydroxylation is 1. The Morgan fingerprint density at radius 3 is 2.48 bits per heavy atom. The van der Waals surface area contributed by atoms with E-state index in [0.717, 1.165) is 76.7 Å². The van der Waals surface area contributed by atoms with E-state index in [9.17, 15) is 0 Å². The molecule has 1 aromatic rings. The summed E-state index contributed by atoms with van der Waals surface area (Å²) in [7, 11) is 5.58. The third-order valence-electron chi connectivity index (χ3n) is 4.32. The molecule has 0 aromatic heterocycles. The van der Waals surface area contributed by atoms with Crippen molar-refractivity contribution in [2.45, 2.75) is 32.6 Å². The molecule has 6 nitrogen and oxygen atoms in total. The van der Waals surface area contributed by atoms with E-state index in [-0.39, 0.29) is 0 Å². The van der Waals surface area contributed by atoms with Crippen molar-refractivity contribution >= 4 is 5.96 Å². The quantitative estimate of drug-likeness (QED) is 0.296. The van der Waals surface area contributed by atoms with Crippen LogP contribution in [0.2, 0.25) is 0 Å². The lowest BCUT2D eigenvalue weighted by atomic mass is 10.1. The minimum absolute atomic E-state index is 0.818. The predicted octanol–water partition coefficient (Wildman–Crippen LogP) is 2.54. The van der Waals surface area contributed by atoms with Gasteiger partial charge in [-0.25, -0.2) is 0 Å². The highest BCUT2D eigenvalue weighted by atomic mass is 16.5. The average molecular weight is 379 g/mol. The SMILES string of the molecule is CCNC(=NCCCCc1ccc(OC)cc1)NCCN(C)CCCOC. The summed E-state index contributed by atoms with van der Waals surface area (Å²) >= 11 is 0. The van der Waals surface area contributed by atoms with Crippen LogP contribution in [-0.4, -0.2) is 71.5 Å². The molecule has 154 valence electrons. The van der Waals surface area contributed by atoms with E-state index < -0.39 is 0 Å². The van der Waals surface area contributed by atoms with E-state index in [1.807, 2.05) is 12.1 Å². The van der Waals surface area contributed by atoms with Crippen molar-refractivity contribution in [3.05, 3.63) is 29.8 Å². The number of rotatable bonds is 14. The van der Waals surface area contributed by atoms with Crippen LogP contribution in [0.5, 0.6) is 5.75 Å². The fraction of sp³-hybridized carbons (Fsp3) is 0.667. The molecule has 1 aromatic carbocycles. The number of hydrogen-bond donors (Lipinski definition) is 2. The number of likely N-dealkylation sites (N-methyl/N-ethyl adjacent to an activating group) is 1. The zero-order valence-electron chi connectivity index (χ0n) is 17.6. The topological polar surface area (TPSA) is 58.1 Å². The van der Waals surface area contributed by atoms with Gasteiger partial charge in [0.05, 0.1) is 7.11 Å². The Hall–Kier alpha value is -1.79. The fourth-order valence-electron chi connectivity index (χ4n) is 2.72. The van der Waals surface area contributed by atoms with Crippen molar-refractivity contribution in [2.24, 2.45) is 4.99 Å². The molecule has 0 aliphatic heterocycles. The van der Waals surface area contributed by atoms with Gasteiger partial charge < -0.3 is 25.0 Å². The second-order valence-corrected chi connectivity index (χ2v) is 6.64. The molecule has 0 bridgehead atoms. The first-order chi connectivity index (χ1) is 13.2. The minimum Gasteiger partial charge on any atom is -0.497 e. The Labute approximate surface area is 165 Å². The summed E-state index contributed by atoms with van der Waals surface area (Å²) in [5, 5.41) is 6.73. The molecule has 0 aliphatic carbocycles. The van der Waals surface area contributed by atoms with Crippen LogP contribution in [0.15, 0.2) is 29.3 Å². The van der Waals surface area contributed by atoms with E-state index in [4.69, 9.17) is 9.47 Å². The molecule has 27 heavy (non-hydrogen) atoms. The van der Waals surface area contributed by atoms with Crippen LogP contribution in [0.1, 0.15) is 31.7 Å². The first-order valence-electron chi connectivity index (χ1n) is 10.0. The minimum atomic E-state index is 0.818. The predicted molar refractivity (Wildman–Crippen MR) is 114 cm³/mol. The zero-order valence-corrected chi connectivity index (χ0v) is 17.6. The van der Waals surface area contributed by atoms with Gasteiger partial charge in [0.2, 0.25) is 0 Å². The van der Waals surface area contributed by atoms with Crippen LogP contribution in [0.4, 0.5) is 0 Å². The zero-order chi connectivity index (χ0) is 19.7. The van der Waals surface area contributed by atoms with Crippen molar-refractivity contribution in [3.8, 4) is 5.75 Å². The van der Waals surface area contributed by atoms with Crippen molar-refractivity contribution in [2.75, 3.05) is 60.6 Å². The summed E-state index contributed by atoms with van der Waals surface area (Å²) in [4.78, 5) is 6.99. The highest BCUT2D eigenvalue weighted by Crippen LogP contribution is 2.13. The van der Waals surface area contributed by atoms with Gasteiger partial charge in [-0.1, -0.05) is 12.1 Å². The summed E-state index contributed by atoms with van der Waals surface area (Å²) in [6.45, 7) is 7.56. The van der Waals surface area contributed by atoms with Gasteiger partial charge in [-0.3, -0.25) is 4.99 Å². The van der Waals surface area contributed by atoms with Crippen LogP contribution in [0.3, 0.4) is 0 Å². The van der Waals surface area contributed by atoms with Gasteiger partial charge in [-0.15, -0.1) is 0 Å². The number of guanidine groups is 1. The van der Waals surface area contributed by atoms with Crippen molar-refractivity contribution < 1.29 is 9.47 Å². The molecule has 0 saturated carbocycles. The lowest BCUT2D eigenvalue weighted by Gasteiger charge is -2.18.